The van der Waals surface area contributed by atoms with Crippen molar-refractivity contribution < 1.29 is 4.42 Å². The molecule has 0 radical (unpaired) electrons. The molecule has 4 aromatic heterocycles. The molecular weight excluding hydrogens is 781 g/mol. The zero-order chi connectivity index (χ0) is 42.1. The third-order valence-electron chi connectivity index (χ3n) is 12.7. The minimum Gasteiger partial charge on any atom is -0.438 e. The summed E-state index contributed by atoms with van der Waals surface area (Å²) < 4.78 is 8.64. The molecule has 0 fully saturated rings. The van der Waals surface area contributed by atoms with Crippen LogP contribution in [0.2, 0.25) is 0 Å². The molecule has 0 N–H and O–H groups in total. The van der Waals surface area contributed by atoms with Gasteiger partial charge in [-0.2, -0.15) is 0 Å². The molecule has 0 atom stereocenters. The van der Waals surface area contributed by atoms with Gasteiger partial charge in [-0.25, -0.2) is 15.0 Å². The first-order chi connectivity index (χ1) is 31.7. The third-order valence-corrected chi connectivity index (χ3v) is 12.7. The van der Waals surface area contributed by atoms with Crippen LogP contribution in [0.4, 0.5) is 0 Å². The highest BCUT2D eigenvalue weighted by Crippen LogP contribution is 2.41. The number of hydrogen-bond donors (Lipinski definition) is 0. The van der Waals surface area contributed by atoms with Gasteiger partial charge in [0, 0.05) is 49.5 Å². The number of hydrogen-bond acceptors (Lipinski definition) is 4. The number of nitrogens with zero attached hydrogens (tertiary/aromatic N) is 4. The van der Waals surface area contributed by atoms with Gasteiger partial charge in [-0.1, -0.05) is 176 Å². The highest BCUT2D eigenvalue weighted by atomic mass is 16.3. The average Bonchev–Trinajstić information content (AvgIpc) is 3.92. The second-order valence-corrected chi connectivity index (χ2v) is 16.3. The molecule has 0 spiro atoms. The van der Waals surface area contributed by atoms with E-state index in [0.29, 0.717) is 11.5 Å². The Labute approximate surface area is 368 Å². The number of rotatable bonds is 6. The molecule has 5 heteroatoms. The Kier molecular flexibility index (Phi) is 8.15. The van der Waals surface area contributed by atoms with E-state index in [-0.39, 0.29) is 0 Å². The molecular formula is C59H36N4O. The van der Waals surface area contributed by atoms with Gasteiger partial charge in [-0.3, -0.25) is 0 Å². The minimum atomic E-state index is 0.652. The van der Waals surface area contributed by atoms with Crippen LogP contribution in [0.3, 0.4) is 0 Å². The predicted octanol–water partition coefficient (Wildman–Crippen LogP) is 15.5. The summed E-state index contributed by atoms with van der Waals surface area (Å²) in [6, 6.07) is 76.8. The summed E-state index contributed by atoms with van der Waals surface area (Å²) in [6.07, 6.45) is 0. The third kappa shape index (κ3) is 5.75. The van der Waals surface area contributed by atoms with Crippen LogP contribution >= 0.6 is 0 Å². The molecule has 298 valence electrons. The van der Waals surface area contributed by atoms with Crippen molar-refractivity contribution in [3.05, 3.63) is 218 Å². The molecule has 4 heterocycles. The Morgan fingerprint density at radius 2 is 0.844 bits per heavy atom. The number of furan rings is 1. The van der Waals surface area contributed by atoms with Crippen molar-refractivity contribution in [1.29, 1.82) is 0 Å². The fourth-order valence-corrected chi connectivity index (χ4v) is 9.67. The lowest BCUT2D eigenvalue weighted by atomic mass is 9.93. The lowest BCUT2D eigenvalue weighted by Gasteiger charge is -2.14. The molecule has 0 unspecified atom stereocenters. The molecule has 0 amide bonds. The summed E-state index contributed by atoms with van der Waals surface area (Å²) in [4.78, 5) is 15.7. The first-order valence-corrected chi connectivity index (χ1v) is 21.6. The topological polar surface area (TPSA) is 56.7 Å². The molecule has 64 heavy (non-hydrogen) atoms. The molecule has 13 rings (SSSR count). The van der Waals surface area contributed by atoms with E-state index in [1.165, 1.54) is 21.8 Å². The molecule has 0 saturated heterocycles. The number of para-hydroxylation sites is 3. The van der Waals surface area contributed by atoms with Crippen molar-refractivity contribution >= 4 is 65.4 Å². The number of aromatic nitrogens is 4. The Morgan fingerprint density at radius 1 is 0.344 bits per heavy atom. The first-order valence-electron chi connectivity index (χ1n) is 21.6. The summed E-state index contributed by atoms with van der Waals surface area (Å²) in [7, 11) is 0. The lowest BCUT2D eigenvalue weighted by Crippen LogP contribution is -1.98. The van der Waals surface area contributed by atoms with Crippen LogP contribution in [-0.2, 0) is 0 Å². The standard InChI is InChI=1S/C59H36N4O/c1-2-14-38(15-3-1)51-36-52(39-30-32-41(33-31-39)63-53-23-11-8-18-45(53)46-19-9-12-24-54(46)63)61-58(60-51)49-35-34-42(43-16-4-5-17-44(43)49)37-26-28-40(29-27-37)57-48-21-7-6-20-47(48)56-50-22-10-13-25-55(50)64-59(56)62-57/h1-36H. The summed E-state index contributed by atoms with van der Waals surface area (Å²) in [5.74, 6) is 0.680. The quantitative estimate of drug-likeness (QED) is 0.168. The van der Waals surface area contributed by atoms with Crippen molar-refractivity contribution in [2.24, 2.45) is 0 Å². The first kappa shape index (κ1) is 36.0. The van der Waals surface area contributed by atoms with E-state index in [4.69, 9.17) is 19.4 Å². The smallest absolute Gasteiger partial charge is 0.228 e. The van der Waals surface area contributed by atoms with Crippen molar-refractivity contribution in [1.82, 2.24) is 19.5 Å². The Balaban J connectivity index is 0.902. The fourth-order valence-electron chi connectivity index (χ4n) is 9.67. The van der Waals surface area contributed by atoms with E-state index < -0.39 is 0 Å². The van der Waals surface area contributed by atoms with Crippen LogP contribution in [0.25, 0.3) is 127 Å². The van der Waals surface area contributed by atoms with Crippen molar-refractivity contribution in [2.75, 3.05) is 0 Å². The summed E-state index contributed by atoms with van der Waals surface area (Å²) >= 11 is 0. The largest absolute Gasteiger partial charge is 0.438 e. The SMILES string of the molecule is c1ccc(-c2cc(-c3ccc(-n4c5ccccc5c5ccccc54)cc3)nc(-c3ccc(-c4ccc(-c5nc6oc7ccccc7c6c6ccccc56)cc4)c4ccccc34)n2)cc1. The van der Waals surface area contributed by atoms with E-state index in [1.807, 2.05) is 18.2 Å². The van der Waals surface area contributed by atoms with Gasteiger partial charge in [0.25, 0.3) is 0 Å². The van der Waals surface area contributed by atoms with Crippen LogP contribution in [0.15, 0.2) is 223 Å². The molecule has 0 saturated carbocycles. The van der Waals surface area contributed by atoms with Gasteiger partial charge >= 0.3 is 0 Å². The number of fused-ring (bicyclic) bond motifs is 9. The van der Waals surface area contributed by atoms with E-state index in [9.17, 15) is 0 Å². The van der Waals surface area contributed by atoms with Gasteiger partial charge in [-0.15, -0.1) is 0 Å². The molecule has 13 aromatic rings. The van der Waals surface area contributed by atoms with Crippen LogP contribution in [0.1, 0.15) is 0 Å². The Morgan fingerprint density at radius 3 is 1.53 bits per heavy atom. The fraction of sp³-hybridized carbons (Fsp3) is 0. The van der Waals surface area contributed by atoms with Crippen molar-refractivity contribution in [3.8, 4) is 62.0 Å². The van der Waals surface area contributed by atoms with Gasteiger partial charge in [-0.05, 0) is 69.8 Å². The van der Waals surface area contributed by atoms with E-state index in [2.05, 4.69) is 205 Å². The molecule has 0 bridgehead atoms. The zero-order valence-electron chi connectivity index (χ0n) is 34.5. The highest BCUT2D eigenvalue weighted by Gasteiger charge is 2.19. The van der Waals surface area contributed by atoms with Crippen LogP contribution < -0.4 is 0 Å². The van der Waals surface area contributed by atoms with Crippen molar-refractivity contribution in [2.45, 2.75) is 0 Å². The average molecular weight is 817 g/mol. The maximum absolute atomic E-state index is 6.30. The highest BCUT2D eigenvalue weighted by molar-refractivity contribution is 6.20. The molecule has 0 aliphatic carbocycles. The maximum atomic E-state index is 6.30. The molecule has 0 aliphatic heterocycles. The van der Waals surface area contributed by atoms with Gasteiger partial charge < -0.3 is 8.98 Å². The summed E-state index contributed by atoms with van der Waals surface area (Å²) in [5, 5.41) is 9.07. The lowest BCUT2D eigenvalue weighted by molar-refractivity contribution is 0.655. The van der Waals surface area contributed by atoms with Crippen LogP contribution in [0.5, 0.6) is 0 Å². The normalized spacial score (nSPS) is 11.8. The van der Waals surface area contributed by atoms with E-state index >= 15 is 0 Å². The maximum Gasteiger partial charge on any atom is 0.228 e. The van der Waals surface area contributed by atoms with Gasteiger partial charge in [0.05, 0.1) is 33.5 Å². The van der Waals surface area contributed by atoms with Gasteiger partial charge in [0.15, 0.2) is 5.82 Å². The van der Waals surface area contributed by atoms with Gasteiger partial charge in [0.1, 0.15) is 5.58 Å². The van der Waals surface area contributed by atoms with Crippen LogP contribution in [-0.4, -0.2) is 19.5 Å². The predicted molar refractivity (Wildman–Crippen MR) is 264 cm³/mol. The number of pyridine rings is 1. The molecule has 9 aromatic carbocycles. The Bertz CT molecular complexity index is 3890. The number of benzene rings is 9. The molecule has 5 nitrogen and oxygen atoms in total. The second-order valence-electron chi connectivity index (χ2n) is 16.3. The summed E-state index contributed by atoms with van der Waals surface area (Å²) in [5.41, 5.74) is 13.9. The van der Waals surface area contributed by atoms with E-state index in [1.54, 1.807) is 0 Å². The van der Waals surface area contributed by atoms with Crippen LogP contribution in [0, 0.1) is 0 Å². The Hall–Kier alpha value is -8.67. The molecule has 0 aliphatic rings. The summed E-state index contributed by atoms with van der Waals surface area (Å²) in [6.45, 7) is 0. The zero-order valence-corrected chi connectivity index (χ0v) is 34.5. The minimum absolute atomic E-state index is 0.652. The van der Waals surface area contributed by atoms with Gasteiger partial charge in [0.2, 0.25) is 5.71 Å². The monoisotopic (exact) mass is 816 g/mol. The van der Waals surface area contributed by atoms with E-state index in [0.717, 1.165) is 94.1 Å². The van der Waals surface area contributed by atoms with Crippen molar-refractivity contribution in [3.63, 3.8) is 0 Å². The second kappa shape index (κ2) is 14.5.